The van der Waals surface area contributed by atoms with Gasteiger partial charge in [0, 0.05) is 26.7 Å². The maximum atomic E-state index is 12.1. The monoisotopic (exact) mass is 332 g/mol. The lowest BCUT2D eigenvalue weighted by Gasteiger charge is -2.31. The molecule has 1 heterocycles. The standard InChI is InChI=1S/C18H28N4O2/c1-21(13-15-7-3-2-4-8-15)18(24)20-10-6-12-22-11-5-9-16(14-22)17(19)23/h2-4,7-8,16H,5-6,9-14H2,1H3,(H2,19,23)(H,20,24). The summed E-state index contributed by atoms with van der Waals surface area (Å²) >= 11 is 0. The van der Waals surface area contributed by atoms with Crippen molar-refractivity contribution in [2.24, 2.45) is 11.7 Å². The second kappa shape index (κ2) is 9.27. The van der Waals surface area contributed by atoms with E-state index in [0.29, 0.717) is 13.1 Å². The summed E-state index contributed by atoms with van der Waals surface area (Å²) < 4.78 is 0. The molecule has 1 aromatic carbocycles. The Morgan fingerprint density at radius 1 is 1.33 bits per heavy atom. The zero-order valence-electron chi connectivity index (χ0n) is 14.4. The molecular formula is C18H28N4O2. The molecule has 0 saturated carbocycles. The molecule has 0 radical (unpaired) electrons. The van der Waals surface area contributed by atoms with Gasteiger partial charge in [-0.3, -0.25) is 4.79 Å². The van der Waals surface area contributed by atoms with Gasteiger partial charge in [-0.1, -0.05) is 30.3 Å². The van der Waals surface area contributed by atoms with Crippen LogP contribution in [0.25, 0.3) is 0 Å². The van der Waals surface area contributed by atoms with Crippen molar-refractivity contribution in [3.05, 3.63) is 35.9 Å². The van der Waals surface area contributed by atoms with Crippen molar-refractivity contribution in [3.63, 3.8) is 0 Å². The van der Waals surface area contributed by atoms with Crippen LogP contribution in [0.15, 0.2) is 30.3 Å². The van der Waals surface area contributed by atoms with Crippen molar-refractivity contribution in [1.82, 2.24) is 15.1 Å². The Labute approximate surface area is 144 Å². The van der Waals surface area contributed by atoms with Crippen LogP contribution in [0, 0.1) is 5.92 Å². The molecule has 0 bridgehead atoms. The number of hydrogen-bond acceptors (Lipinski definition) is 3. The number of piperidine rings is 1. The summed E-state index contributed by atoms with van der Waals surface area (Å²) in [5.41, 5.74) is 6.50. The number of primary amides is 1. The second-order valence-electron chi connectivity index (χ2n) is 6.47. The molecule has 1 saturated heterocycles. The number of carbonyl (C=O) groups excluding carboxylic acids is 2. The van der Waals surface area contributed by atoms with Crippen molar-refractivity contribution in [1.29, 1.82) is 0 Å². The Balaban J connectivity index is 1.63. The summed E-state index contributed by atoms with van der Waals surface area (Å²) in [5.74, 6) is -0.221. The van der Waals surface area contributed by atoms with E-state index in [2.05, 4.69) is 10.2 Å². The van der Waals surface area contributed by atoms with Crippen LogP contribution in [-0.4, -0.2) is 55.0 Å². The maximum Gasteiger partial charge on any atom is 0.317 e. The smallest absolute Gasteiger partial charge is 0.317 e. The van der Waals surface area contributed by atoms with Crippen LogP contribution in [0.5, 0.6) is 0 Å². The molecule has 1 aromatic rings. The number of amides is 3. The van der Waals surface area contributed by atoms with Crippen LogP contribution in [-0.2, 0) is 11.3 Å². The highest BCUT2D eigenvalue weighted by Gasteiger charge is 2.23. The summed E-state index contributed by atoms with van der Waals surface area (Å²) in [5, 5.41) is 2.94. The van der Waals surface area contributed by atoms with Crippen LogP contribution in [0.1, 0.15) is 24.8 Å². The Bertz CT molecular complexity index is 535. The first-order chi connectivity index (χ1) is 11.6. The minimum atomic E-state index is -0.199. The van der Waals surface area contributed by atoms with E-state index in [1.54, 1.807) is 11.9 Å². The number of nitrogens with zero attached hydrogens (tertiary/aromatic N) is 2. The highest BCUT2D eigenvalue weighted by molar-refractivity contribution is 5.77. The van der Waals surface area contributed by atoms with E-state index in [4.69, 9.17) is 5.73 Å². The molecule has 1 unspecified atom stereocenters. The van der Waals surface area contributed by atoms with Gasteiger partial charge in [0.1, 0.15) is 0 Å². The number of nitrogens with one attached hydrogen (secondary N) is 1. The van der Waals surface area contributed by atoms with Gasteiger partial charge in [-0.15, -0.1) is 0 Å². The molecule has 2 rings (SSSR count). The van der Waals surface area contributed by atoms with Crippen LogP contribution in [0.3, 0.4) is 0 Å². The summed E-state index contributed by atoms with van der Waals surface area (Å²) in [4.78, 5) is 27.3. The SMILES string of the molecule is CN(Cc1ccccc1)C(=O)NCCCN1CCCC(C(N)=O)C1. The average Bonchev–Trinajstić information content (AvgIpc) is 2.59. The topological polar surface area (TPSA) is 78.7 Å². The van der Waals surface area contributed by atoms with Crippen molar-refractivity contribution in [2.45, 2.75) is 25.8 Å². The lowest BCUT2D eigenvalue weighted by Crippen LogP contribution is -2.42. The Morgan fingerprint density at radius 2 is 2.08 bits per heavy atom. The molecule has 6 nitrogen and oxygen atoms in total. The number of urea groups is 1. The van der Waals surface area contributed by atoms with Gasteiger partial charge in [0.05, 0.1) is 5.92 Å². The molecule has 0 spiro atoms. The predicted octanol–water partition coefficient (Wildman–Crippen LogP) is 1.42. The van der Waals surface area contributed by atoms with Gasteiger partial charge in [-0.2, -0.15) is 0 Å². The van der Waals surface area contributed by atoms with Crippen LogP contribution < -0.4 is 11.1 Å². The third-order valence-corrected chi connectivity index (χ3v) is 4.44. The van der Waals surface area contributed by atoms with Gasteiger partial charge >= 0.3 is 6.03 Å². The minimum absolute atomic E-state index is 0.0228. The molecule has 0 aliphatic carbocycles. The number of hydrogen-bond donors (Lipinski definition) is 2. The van der Waals surface area contributed by atoms with Crippen molar-refractivity contribution < 1.29 is 9.59 Å². The zero-order chi connectivity index (χ0) is 17.4. The molecule has 24 heavy (non-hydrogen) atoms. The van der Waals surface area contributed by atoms with Gasteiger partial charge in [0.2, 0.25) is 5.91 Å². The van der Waals surface area contributed by atoms with E-state index < -0.39 is 0 Å². The maximum absolute atomic E-state index is 12.1. The third kappa shape index (κ3) is 5.85. The van der Waals surface area contributed by atoms with Gasteiger partial charge in [0.25, 0.3) is 0 Å². The summed E-state index contributed by atoms with van der Waals surface area (Å²) in [6.07, 6.45) is 2.78. The minimum Gasteiger partial charge on any atom is -0.369 e. The van der Waals surface area contributed by atoms with Gasteiger partial charge in [-0.25, -0.2) is 4.79 Å². The quantitative estimate of drug-likeness (QED) is 0.741. The van der Waals surface area contributed by atoms with Gasteiger partial charge in [-0.05, 0) is 37.9 Å². The van der Waals surface area contributed by atoms with E-state index in [0.717, 1.165) is 44.5 Å². The number of carbonyl (C=O) groups is 2. The van der Waals surface area contributed by atoms with E-state index in [-0.39, 0.29) is 17.9 Å². The summed E-state index contributed by atoms with van der Waals surface area (Å²) in [6, 6.07) is 9.86. The lowest BCUT2D eigenvalue weighted by atomic mass is 9.97. The van der Waals surface area contributed by atoms with Crippen LogP contribution in [0.4, 0.5) is 4.79 Å². The fraction of sp³-hybridized carbons (Fsp3) is 0.556. The molecule has 132 valence electrons. The largest absolute Gasteiger partial charge is 0.369 e. The van der Waals surface area contributed by atoms with E-state index >= 15 is 0 Å². The van der Waals surface area contributed by atoms with E-state index in [1.165, 1.54) is 0 Å². The Hall–Kier alpha value is -2.08. The van der Waals surface area contributed by atoms with Crippen molar-refractivity contribution in [2.75, 3.05) is 33.2 Å². The highest BCUT2D eigenvalue weighted by atomic mass is 16.2. The fourth-order valence-corrected chi connectivity index (χ4v) is 3.05. The van der Waals surface area contributed by atoms with E-state index in [1.807, 2.05) is 30.3 Å². The van der Waals surface area contributed by atoms with Gasteiger partial charge in [0.15, 0.2) is 0 Å². The molecule has 3 amide bonds. The molecule has 1 aliphatic heterocycles. The van der Waals surface area contributed by atoms with E-state index in [9.17, 15) is 9.59 Å². The Kier molecular flexibility index (Phi) is 7.06. The lowest BCUT2D eigenvalue weighted by molar-refractivity contribution is -0.123. The molecular weight excluding hydrogens is 304 g/mol. The molecule has 3 N–H and O–H groups in total. The molecule has 1 fully saturated rings. The summed E-state index contributed by atoms with van der Waals surface area (Å²) in [7, 11) is 1.80. The number of nitrogens with two attached hydrogens (primary N) is 1. The first-order valence-corrected chi connectivity index (χ1v) is 8.61. The number of likely N-dealkylation sites (tertiary alicyclic amines) is 1. The second-order valence-corrected chi connectivity index (χ2v) is 6.47. The predicted molar refractivity (Wildman–Crippen MR) is 94.3 cm³/mol. The molecule has 0 aromatic heterocycles. The van der Waals surface area contributed by atoms with Crippen LogP contribution >= 0.6 is 0 Å². The zero-order valence-corrected chi connectivity index (χ0v) is 14.4. The number of rotatable bonds is 7. The first kappa shape index (κ1) is 18.3. The normalized spacial score (nSPS) is 18.1. The third-order valence-electron chi connectivity index (χ3n) is 4.44. The fourth-order valence-electron chi connectivity index (χ4n) is 3.05. The summed E-state index contributed by atoms with van der Waals surface area (Å²) in [6.45, 7) is 3.87. The number of benzene rings is 1. The molecule has 6 heteroatoms. The van der Waals surface area contributed by atoms with Gasteiger partial charge < -0.3 is 20.9 Å². The van der Waals surface area contributed by atoms with Crippen molar-refractivity contribution >= 4 is 11.9 Å². The molecule has 1 atom stereocenters. The average molecular weight is 332 g/mol. The Morgan fingerprint density at radius 3 is 2.79 bits per heavy atom. The van der Waals surface area contributed by atoms with Crippen LogP contribution in [0.2, 0.25) is 0 Å². The van der Waals surface area contributed by atoms with Crippen molar-refractivity contribution in [3.8, 4) is 0 Å². The molecule has 1 aliphatic rings. The first-order valence-electron chi connectivity index (χ1n) is 8.61. The highest BCUT2D eigenvalue weighted by Crippen LogP contribution is 2.15.